The average molecular weight is 272 g/mol. The molecule has 0 heterocycles. The SMILES string of the molecule is O=C1c2ccccc2CC1CC(F)(F)c1ccccc1. The molecule has 0 aliphatic heterocycles. The van der Waals surface area contributed by atoms with Gasteiger partial charge in [0, 0.05) is 23.5 Å². The maximum Gasteiger partial charge on any atom is 0.273 e. The summed E-state index contributed by atoms with van der Waals surface area (Å²) < 4.78 is 28.5. The molecule has 2 aromatic carbocycles. The van der Waals surface area contributed by atoms with Gasteiger partial charge >= 0.3 is 0 Å². The summed E-state index contributed by atoms with van der Waals surface area (Å²) in [7, 11) is 0. The number of benzene rings is 2. The van der Waals surface area contributed by atoms with E-state index in [1.165, 1.54) is 12.1 Å². The van der Waals surface area contributed by atoms with Crippen LogP contribution in [0.4, 0.5) is 8.78 Å². The van der Waals surface area contributed by atoms with E-state index in [1.807, 2.05) is 12.1 Å². The Hall–Kier alpha value is -2.03. The molecule has 0 aromatic heterocycles. The zero-order valence-electron chi connectivity index (χ0n) is 10.9. The minimum absolute atomic E-state index is 0.0243. The molecule has 2 aromatic rings. The van der Waals surface area contributed by atoms with Crippen LogP contribution in [0.3, 0.4) is 0 Å². The Balaban J connectivity index is 1.82. The molecular formula is C17H14F2O. The lowest BCUT2D eigenvalue weighted by Crippen LogP contribution is -2.22. The molecule has 20 heavy (non-hydrogen) atoms. The van der Waals surface area contributed by atoms with Crippen LogP contribution in [0.15, 0.2) is 54.6 Å². The van der Waals surface area contributed by atoms with Gasteiger partial charge in [-0.1, -0.05) is 54.6 Å². The Labute approximate surface area is 116 Å². The predicted molar refractivity (Wildman–Crippen MR) is 72.9 cm³/mol. The van der Waals surface area contributed by atoms with Crippen molar-refractivity contribution in [2.75, 3.05) is 0 Å². The molecule has 1 atom stereocenters. The van der Waals surface area contributed by atoms with Crippen LogP contribution in [0.25, 0.3) is 0 Å². The molecule has 3 rings (SSSR count). The second kappa shape index (κ2) is 4.82. The summed E-state index contributed by atoms with van der Waals surface area (Å²) in [5.41, 5.74) is 1.46. The first-order chi connectivity index (χ1) is 9.58. The molecule has 1 nitrogen and oxygen atoms in total. The standard InChI is InChI=1S/C17H14F2O/c18-17(19,14-7-2-1-3-8-14)11-13-10-12-6-4-5-9-15(12)16(13)20/h1-9,13H,10-11H2. The van der Waals surface area contributed by atoms with Crippen LogP contribution in [0.5, 0.6) is 0 Å². The third-order valence-corrected chi connectivity index (χ3v) is 3.82. The predicted octanol–water partition coefficient (Wildman–Crippen LogP) is 4.22. The highest BCUT2D eigenvalue weighted by Crippen LogP contribution is 2.39. The summed E-state index contributed by atoms with van der Waals surface area (Å²) >= 11 is 0. The monoisotopic (exact) mass is 272 g/mol. The van der Waals surface area contributed by atoms with Gasteiger partial charge in [-0.15, -0.1) is 0 Å². The van der Waals surface area contributed by atoms with Crippen LogP contribution in [0.1, 0.15) is 27.9 Å². The number of carbonyl (C=O) groups excluding carboxylic acids is 1. The number of carbonyl (C=O) groups is 1. The van der Waals surface area contributed by atoms with Gasteiger partial charge in [-0.25, -0.2) is 8.78 Å². The molecule has 0 radical (unpaired) electrons. The highest BCUT2D eigenvalue weighted by Gasteiger charge is 2.40. The molecule has 0 N–H and O–H groups in total. The van der Waals surface area contributed by atoms with E-state index in [4.69, 9.17) is 0 Å². The van der Waals surface area contributed by atoms with Crippen molar-refractivity contribution >= 4 is 5.78 Å². The topological polar surface area (TPSA) is 17.1 Å². The van der Waals surface area contributed by atoms with E-state index in [2.05, 4.69) is 0 Å². The van der Waals surface area contributed by atoms with Crippen molar-refractivity contribution < 1.29 is 13.6 Å². The first-order valence-electron chi connectivity index (χ1n) is 6.63. The fraction of sp³-hybridized carbons (Fsp3) is 0.235. The third kappa shape index (κ3) is 2.24. The van der Waals surface area contributed by atoms with E-state index in [1.54, 1.807) is 30.3 Å². The Kier molecular flexibility index (Phi) is 3.13. The summed E-state index contributed by atoms with van der Waals surface area (Å²) in [5.74, 6) is -3.75. The molecule has 3 heteroatoms. The largest absolute Gasteiger partial charge is 0.294 e. The van der Waals surface area contributed by atoms with Crippen LogP contribution in [0.2, 0.25) is 0 Å². The zero-order valence-corrected chi connectivity index (χ0v) is 10.9. The first kappa shape index (κ1) is 13.0. The van der Waals surface area contributed by atoms with Gasteiger partial charge in [0.15, 0.2) is 5.78 Å². The number of halogens is 2. The maximum atomic E-state index is 14.3. The van der Waals surface area contributed by atoms with Crippen LogP contribution in [-0.4, -0.2) is 5.78 Å². The summed E-state index contributed by atoms with van der Waals surface area (Å²) in [6.45, 7) is 0. The van der Waals surface area contributed by atoms with E-state index in [0.29, 0.717) is 12.0 Å². The number of rotatable bonds is 3. The molecule has 0 amide bonds. The van der Waals surface area contributed by atoms with Gasteiger partial charge in [-0.3, -0.25) is 4.79 Å². The van der Waals surface area contributed by atoms with Crippen molar-refractivity contribution in [3.8, 4) is 0 Å². The van der Waals surface area contributed by atoms with Gasteiger partial charge in [0.2, 0.25) is 0 Å². The molecule has 0 fully saturated rings. The number of hydrogen-bond donors (Lipinski definition) is 0. The highest BCUT2D eigenvalue weighted by molar-refractivity contribution is 6.02. The first-order valence-corrected chi connectivity index (χ1v) is 6.63. The van der Waals surface area contributed by atoms with Crippen molar-refractivity contribution in [2.45, 2.75) is 18.8 Å². The van der Waals surface area contributed by atoms with Gasteiger partial charge in [-0.05, 0) is 12.0 Å². The van der Waals surface area contributed by atoms with E-state index in [9.17, 15) is 13.6 Å². The maximum absolute atomic E-state index is 14.3. The molecule has 1 unspecified atom stereocenters. The Bertz CT molecular complexity index is 634. The molecular weight excluding hydrogens is 258 g/mol. The molecule has 102 valence electrons. The quantitative estimate of drug-likeness (QED) is 0.817. The number of hydrogen-bond acceptors (Lipinski definition) is 1. The summed E-state index contributed by atoms with van der Waals surface area (Å²) in [5, 5.41) is 0. The number of ketones is 1. The van der Waals surface area contributed by atoms with Crippen LogP contribution in [-0.2, 0) is 12.3 Å². The molecule has 0 spiro atoms. The van der Waals surface area contributed by atoms with Gasteiger partial charge in [0.25, 0.3) is 5.92 Å². The lowest BCUT2D eigenvalue weighted by molar-refractivity contribution is -0.0255. The Morgan fingerprint density at radius 2 is 1.65 bits per heavy atom. The van der Waals surface area contributed by atoms with Gasteiger partial charge in [-0.2, -0.15) is 0 Å². The normalized spacial score (nSPS) is 18.1. The fourth-order valence-electron chi connectivity index (χ4n) is 2.79. The van der Waals surface area contributed by atoms with Crippen LogP contribution in [0, 0.1) is 5.92 Å². The fourth-order valence-corrected chi connectivity index (χ4v) is 2.79. The number of fused-ring (bicyclic) bond motifs is 1. The van der Waals surface area contributed by atoms with Crippen molar-refractivity contribution in [1.82, 2.24) is 0 Å². The minimum atomic E-state index is -2.97. The summed E-state index contributed by atoms with van der Waals surface area (Å²) in [6.07, 6.45) is -0.0119. The molecule has 0 saturated carbocycles. The number of Topliss-reactive ketones (excluding diaryl/α,β-unsaturated/α-hetero) is 1. The van der Waals surface area contributed by atoms with Crippen molar-refractivity contribution in [2.24, 2.45) is 5.92 Å². The zero-order chi connectivity index (χ0) is 14.2. The highest BCUT2D eigenvalue weighted by atomic mass is 19.3. The summed E-state index contributed by atoms with van der Waals surface area (Å²) in [6, 6.07) is 14.9. The third-order valence-electron chi connectivity index (χ3n) is 3.82. The lowest BCUT2D eigenvalue weighted by Gasteiger charge is -2.19. The van der Waals surface area contributed by atoms with Gasteiger partial charge < -0.3 is 0 Å². The average Bonchev–Trinajstić information content (AvgIpc) is 2.76. The molecule has 0 saturated heterocycles. The van der Waals surface area contributed by atoms with E-state index in [-0.39, 0.29) is 11.3 Å². The van der Waals surface area contributed by atoms with Crippen LogP contribution >= 0.6 is 0 Å². The van der Waals surface area contributed by atoms with Gasteiger partial charge in [0.05, 0.1) is 0 Å². The Morgan fingerprint density at radius 1 is 1.00 bits per heavy atom. The Morgan fingerprint density at radius 3 is 2.35 bits per heavy atom. The van der Waals surface area contributed by atoms with E-state index >= 15 is 0 Å². The lowest BCUT2D eigenvalue weighted by atomic mass is 9.93. The molecule has 1 aliphatic carbocycles. The van der Waals surface area contributed by atoms with Crippen molar-refractivity contribution in [3.05, 3.63) is 71.3 Å². The smallest absolute Gasteiger partial charge is 0.273 e. The molecule has 0 bridgehead atoms. The van der Waals surface area contributed by atoms with Gasteiger partial charge in [0.1, 0.15) is 0 Å². The van der Waals surface area contributed by atoms with Crippen LogP contribution < -0.4 is 0 Å². The molecule has 1 aliphatic rings. The van der Waals surface area contributed by atoms with Crippen molar-refractivity contribution in [1.29, 1.82) is 0 Å². The van der Waals surface area contributed by atoms with E-state index < -0.39 is 18.3 Å². The summed E-state index contributed by atoms with van der Waals surface area (Å²) in [4.78, 5) is 12.2. The van der Waals surface area contributed by atoms with Crippen molar-refractivity contribution in [3.63, 3.8) is 0 Å². The second-order valence-corrected chi connectivity index (χ2v) is 5.20. The second-order valence-electron chi connectivity index (χ2n) is 5.20. The number of alkyl halides is 2. The minimum Gasteiger partial charge on any atom is -0.294 e. The van der Waals surface area contributed by atoms with E-state index in [0.717, 1.165) is 5.56 Å².